The van der Waals surface area contributed by atoms with Crippen molar-refractivity contribution in [2.45, 2.75) is 13.0 Å². The van der Waals surface area contributed by atoms with Gasteiger partial charge >= 0.3 is 11.4 Å². The van der Waals surface area contributed by atoms with Gasteiger partial charge in [0, 0.05) is 23.4 Å². The van der Waals surface area contributed by atoms with Gasteiger partial charge in [0.25, 0.3) is 0 Å². The first kappa shape index (κ1) is 16.7. The van der Waals surface area contributed by atoms with Crippen LogP contribution in [0.3, 0.4) is 0 Å². The summed E-state index contributed by atoms with van der Waals surface area (Å²) in [5.41, 5.74) is 4.36. The molecule has 2 aromatic heterocycles. The van der Waals surface area contributed by atoms with E-state index in [9.17, 15) is 4.79 Å². The van der Waals surface area contributed by atoms with Gasteiger partial charge in [-0.05, 0) is 23.8 Å². The number of rotatable bonds is 1. The predicted octanol–water partition coefficient (Wildman–Crippen LogP) is -0.457. The average molecular weight is 368 g/mol. The van der Waals surface area contributed by atoms with E-state index < -0.39 is 0 Å². The monoisotopic (exact) mass is 367 g/mol. The Bertz CT molecular complexity index is 1220. The zero-order valence-electron chi connectivity index (χ0n) is 14.5. The molecular formula is C20H18ClN3O2. The summed E-state index contributed by atoms with van der Waals surface area (Å²) in [7, 11) is 3.65. The van der Waals surface area contributed by atoms with E-state index in [1.54, 1.807) is 7.11 Å². The lowest BCUT2D eigenvalue weighted by molar-refractivity contribution is -0.638. The molecule has 3 heterocycles. The smallest absolute Gasteiger partial charge is 0.345 e. The Morgan fingerprint density at radius 3 is 2.77 bits per heavy atom. The second-order valence-corrected chi connectivity index (χ2v) is 6.50. The summed E-state index contributed by atoms with van der Waals surface area (Å²) in [5, 5.41) is 1.95. The molecule has 1 N–H and O–H groups in total. The molecule has 26 heavy (non-hydrogen) atoms. The number of nitrogens with zero attached hydrogens (tertiary/aromatic N) is 2. The standard InChI is InChI=1S/C20H17N3O2.ClH/c1-22-17-11-12(25-2)7-8-15(17)20(24)23-10-9-14-13-5-3-4-6-16(13)21-18(14)19(22)23;/h3-8,11H,9-10H2,1-2H3;1H. The minimum absolute atomic E-state index is 0. The fourth-order valence-corrected chi connectivity index (χ4v) is 4.02. The Kier molecular flexibility index (Phi) is 3.77. The highest BCUT2D eigenvalue weighted by Crippen LogP contribution is 2.32. The molecular weight excluding hydrogens is 350 g/mol. The van der Waals surface area contributed by atoms with E-state index in [-0.39, 0.29) is 18.0 Å². The largest absolute Gasteiger partial charge is 1.00 e. The van der Waals surface area contributed by atoms with Crippen LogP contribution in [0.1, 0.15) is 5.56 Å². The van der Waals surface area contributed by atoms with Crippen molar-refractivity contribution in [3.05, 3.63) is 58.4 Å². The van der Waals surface area contributed by atoms with Gasteiger partial charge in [0.05, 0.1) is 20.7 Å². The molecule has 0 atom stereocenters. The average Bonchev–Trinajstić information content (AvgIpc) is 3.03. The number of halogens is 1. The summed E-state index contributed by atoms with van der Waals surface area (Å²) < 4.78 is 9.32. The molecule has 132 valence electrons. The Labute approximate surface area is 156 Å². The van der Waals surface area contributed by atoms with Crippen LogP contribution >= 0.6 is 0 Å². The molecule has 0 saturated carbocycles. The predicted molar refractivity (Wildman–Crippen MR) is 96.9 cm³/mol. The van der Waals surface area contributed by atoms with E-state index in [0.29, 0.717) is 11.9 Å². The molecule has 0 fully saturated rings. The van der Waals surface area contributed by atoms with Gasteiger partial charge in [-0.3, -0.25) is 0 Å². The van der Waals surface area contributed by atoms with Crippen LogP contribution in [0.2, 0.25) is 0 Å². The van der Waals surface area contributed by atoms with Crippen molar-refractivity contribution < 1.29 is 21.7 Å². The molecule has 0 spiro atoms. The number of aromatic nitrogens is 3. The van der Waals surface area contributed by atoms with E-state index in [2.05, 4.69) is 27.8 Å². The maximum Gasteiger partial charge on any atom is 0.345 e. The van der Waals surface area contributed by atoms with Crippen molar-refractivity contribution in [1.82, 2.24) is 9.55 Å². The Hall–Kier alpha value is -2.79. The molecule has 0 saturated heterocycles. The van der Waals surface area contributed by atoms with Gasteiger partial charge in [-0.25, -0.2) is 9.36 Å². The molecule has 0 radical (unpaired) electrons. The number of aryl methyl sites for hydroxylation is 2. The van der Waals surface area contributed by atoms with E-state index >= 15 is 0 Å². The first-order chi connectivity index (χ1) is 12.2. The summed E-state index contributed by atoms with van der Waals surface area (Å²) in [6.07, 6.45) is 0.855. The number of methoxy groups -OCH3 is 1. The number of fused-ring (bicyclic) bond motifs is 6. The minimum Gasteiger partial charge on any atom is -1.00 e. The van der Waals surface area contributed by atoms with Crippen LogP contribution in [-0.4, -0.2) is 16.7 Å². The first-order valence-corrected chi connectivity index (χ1v) is 8.39. The fourth-order valence-electron chi connectivity index (χ4n) is 4.02. The van der Waals surface area contributed by atoms with Crippen molar-refractivity contribution in [3.63, 3.8) is 0 Å². The zero-order chi connectivity index (χ0) is 17.1. The van der Waals surface area contributed by atoms with E-state index in [4.69, 9.17) is 4.74 Å². The lowest BCUT2D eigenvalue weighted by Crippen LogP contribution is -3.00. The highest BCUT2D eigenvalue weighted by Gasteiger charge is 2.31. The molecule has 0 amide bonds. The van der Waals surface area contributed by atoms with Gasteiger partial charge in [0.15, 0.2) is 0 Å². The number of nitrogens with one attached hydrogen (secondary N) is 1. The Morgan fingerprint density at radius 1 is 1.15 bits per heavy atom. The van der Waals surface area contributed by atoms with Crippen molar-refractivity contribution in [2.24, 2.45) is 7.05 Å². The highest BCUT2D eigenvalue weighted by atomic mass is 35.5. The van der Waals surface area contributed by atoms with Crippen LogP contribution in [0.4, 0.5) is 0 Å². The highest BCUT2D eigenvalue weighted by molar-refractivity contribution is 5.90. The molecule has 2 aromatic carbocycles. The van der Waals surface area contributed by atoms with Gasteiger partial charge in [-0.15, -0.1) is 0 Å². The molecule has 6 heteroatoms. The molecule has 0 unspecified atom stereocenters. The quantitative estimate of drug-likeness (QED) is 0.463. The first-order valence-electron chi connectivity index (χ1n) is 8.39. The van der Waals surface area contributed by atoms with Crippen LogP contribution < -0.4 is 27.3 Å². The van der Waals surface area contributed by atoms with Gasteiger partial charge in [0.2, 0.25) is 0 Å². The Morgan fingerprint density at radius 2 is 1.96 bits per heavy atom. The van der Waals surface area contributed by atoms with Crippen molar-refractivity contribution in [3.8, 4) is 17.3 Å². The van der Waals surface area contributed by atoms with Crippen LogP contribution in [0, 0.1) is 0 Å². The van der Waals surface area contributed by atoms with Gasteiger partial charge in [-0.1, -0.05) is 18.2 Å². The van der Waals surface area contributed by atoms with E-state index in [1.807, 2.05) is 35.9 Å². The summed E-state index contributed by atoms with van der Waals surface area (Å²) in [4.78, 5) is 16.6. The topological polar surface area (TPSA) is 50.9 Å². The molecule has 0 bridgehead atoms. The normalized spacial score (nSPS) is 12.5. The van der Waals surface area contributed by atoms with Crippen LogP contribution in [0.25, 0.3) is 33.3 Å². The third-order valence-electron chi connectivity index (χ3n) is 5.24. The van der Waals surface area contributed by atoms with Gasteiger partial charge in [0.1, 0.15) is 22.3 Å². The van der Waals surface area contributed by atoms with Crippen LogP contribution in [-0.2, 0) is 20.0 Å². The number of para-hydroxylation sites is 1. The fraction of sp³-hybridized carbons (Fsp3) is 0.200. The number of aromatic amines is 1. The van der Waals surface area contributed by atoms with Gasteiger partial charge < -0.3 is 22.1 Å². The van der Waals surface area contributed by atoms with Crippen molar-refractivity contribution >= 4 is 21.8 Å². The van der Waals surface area contributed by atoms with E-state index in [1.165, 1.54) is 10.9 Å². The zero-order valence-corrected chi connectivity index (χ0v) is 15.3. The molecule has 0 aliphatic carbocycles. The third kappa shape index (κ3) is 2.10. The third-order valence-corrected chi connectivity index (χ3v) is 5.24. The maximum absolute atomic E-state index is 13.0. The molecule has 5 nitrogen and oxygen atoms in total. The minimum atomic E-state index is 0. The molecule has 1 aliphatic rings. The molecule has 1 aliphatic heterocycles. The van der Waals surface area contributed by atoms with Gasteiger partial charge in [-0.2, -0.15) is 4.57 Å². The SMILES string of the molecule is COc1ccc2c(=O)n3c([n+](C)c2c1)-c1[nH]c2ccccc2c1CC3.[Cl-]. The summed E-state index contributed by atoms with van der Waals surface area (Å²) in [5.74, 6) is 1.67. The molecule has 4 aromatic rings. The number of benzene rings is 2. The number of ether oxygens (including phenoxy) is 1. The Balaban J connectivity index is 0.00000168. The second-order valence-electron chi connectivity index (χ2n) is 6.50. The lowest BCUT2D eigenvalue weighted by atomic mass is 10.0. The van der Waals surface area contributed by atoms with Crippen LogP contribution in [0.5, 0.6) is 5.75 Å². The van der Waals surface area contributed by atoms with Crippen LogP contribution in [0.15, 0.2) is 47.3 Å². The maximum atomic E-state index is 13.0. The summed E-state index contributed by atoms with van der Waals surface area (Å²) in [6, 6.07) is 13.9. The van der Waals surface area contributed by atoms with Crippen molar-refractivity contribution in [1.29, 1.82) is 0 Å². The number of hydrogen-bond donors (Lipinski definition) is 1. The number of H-pyrrole nitrogens is 1. The van der Waals surface area contributed by atoms with E-state index in [0.717, 1.165) is 34.7 Å². The second kappa shape index (κ2) is 5.88. The summed E-state index contributed by atoms with van der Waals surface area (Å²) in [6.45, 7) is 0.693. The lowest BCUT2D eigenvalue weighted by Gasteiger charge is -2.16. The number of hydrogen-bond acceptors (Lipinski definition) is 2. The molecule has 5 rings (SSSR count). The van der Waals surface area contributed by atoms with Crippen molar-refractivity contribution in [2.75, 3.05) is 7.11 Å². The summed E-state index contributed by atoms with van der Waals surface area (Å²) >= 11 is 0.